The van der Waals surface area contributed by atoms with Crippen molar-refractivity contribution in [3.8, 4) is 6.07 Å². The maximum absolute atomic E-state index is 10.7. The van der Waals surface area contributed by atoms with Crippen molar-refractivity contribution in [3.05, 3.63) is 34.5 Å². The molecule has 0 saturated heterocycles. The zero-order valence-electron chi connectivity index (χ0n) is 9.95. The molecule has 0 aliphatic heterocycles. The van der Waals surface area contributed by atoms with E-state index in [9.17, 15) is 4.79 Å². The zero-order valence-corrected chi connectivity index (χ0v) is 11.6. The molecule has 0 saturated carbocycles. The van der Waals surface area contributed by atoms with Crippen LogP contribution in [0, 0.1) is 18.3 Å². The fourth-order valence-corrected chi connectivity index (χ4v) is 3.53. The highest BCUT2D eigenvalue weighted by atomic mass is 32.2. The van der Waals surface area contributed by atoms with Crippen molar-refractivity contribution in [2.45, 2.75) is 22.7 Å². The van der Waals surface area contributed by atoms with E-state index in [2.05, 4.69) is 9.97 Å². The fourth-order valence-electron chi connectivity index (χ4n) is 1.37. The summed E-state index contributed by atoms with van der Waals surface area (Å²) in [6, 6.07) is 7.16. The van der Waals surface area contributed by atoms with Crippen molar-refractivity contribution in [2.24, 2.45) is 0 Å². The molecule has 0 aliphatic rings. The summed E-state index contributed by atoms with van der Waals surface area (Å²) in [5, 5.41) is 18.2. The predicted octanol–water partition coefficient (Wildman–Crippen LogP) is 2.50. The van der Waals surface area contributed by atoms with Crippen LogP contribution in [-0.4, -0.2) is 21.0 Å². The van der Waals surface area contributed by atoms with Gasteiger partial charge in [-0.2, -0.15) is 5.26 Å². The largest absolute Gasteiger partial charge is 0.481 e. The molecule has 0 amide bonds. The molecule has 0 spiro atoms. The molecule has 0 bridgehead atoms. The predicted molar refractivity (Wildman–Crippen MR) is 71.3 cm³/mol. The molecular weight excluding hydrogens is 282 g/mol. The molecule has 7 heteroatoms. The molecule has 0 unspecified atom stereocenters. The Hall–Kier alpha value is -1.91. The lowest BCUT2D eigenvalue weighted by Gasteiger charge is -1.96. The van der Waals surface area contributed by atoms with Gasteiger partial charge in [0.15, 0.2) is 4.34 Å². The minimum atomic E-state index is -0.868. The van der Waals surface area contributed by atoms with Crippen LogP contribution in [0.3, 0.4) is 0 Å². The Kier molecular flexibility index (Phi) is 4.14. The summed E-state index contributed by atoms with van der Waals surface area (Å²) in [5.74, 6) is -0.868. The molecule has 0 atom stereocenters. The summed E-state index contributed by atoms with van der Waals surface area (Å²) < 4.78 is 0.733. The van der Waals surface area contributed by atoms with Crippen LogP contribution in [0.15, 0.2) is 27.6 Å². The van der Waals surface area contributed by atoms with Crippen molar-refractivity contribution in [3.63, 3.8) is 0 Å². The van der Waals surface area contributed by atoms with Gasteiger partial charge in [-0.3, -0.25) is 4.79 Å². The van der Waals surface area contributed by atoms with Crippen LogP contribution >= 0.6 is 23.1 Å². The summed E-state index contributed by atoms with van der Waals surface area (Å²) in [4.78, 5) is 19.9. The Morgan fingerprint density at radius 1 is 1.53 bits per heavy atom. The zero-order chi connectivity index (χ0) is 13.8. The number of carboxylic acid groups (broad SMARTS) is 1. The summed E-state index contributed by atoms with van der Waals surface area (Å²) in [6.45, 7) is 1.79. The van der Waals surface area contributed by atoms with E-state index in [4.69, 9.17) is 10.4 Å². The number of hydrogen-bond donors (Lipinski definition) is 1. The summed E-state index contributed by atoms with van der Waals surface area (Å²) in [7, 11) is 0. The van der Waals surface area contributed by atoms with E-state index < -0.39 is 5.97 Å². The van der Waals surface area contributed by atoms with Crippen LogP contribution in [0.2, 0.25) is 0 Å². The molecule has 2 heterocycles. The lowest BCUT2D eigenvalue weighted by atomic mass is 10.3. The minimum Gasteiger partial charge on any atom is -0.481 e. The number of nitriles is 1. The van der Waals surface area contributed by atoms with E-state index in [1.807, 2.05) is 6.07 Å². The summed E-state index contributed by atoms with van der Waals surface area (Å²) in [6.07, 6.45) is -0.0181. The molecule has 19 heavy (non-hydrogen) atoms. The minimum absolute atomic E-state index is 0.0181. The molecule has 2 aromatic rings. The third-order valence-electron chi connectivity index (χ3n) is 2.21. The molecule has 1 N–H and O–H groups in total. The monoisotopic (exact) mass is 291 g/mol. The number of aryl methyl sites for hydroxylation is 1. The highest BCUT2D eigenvalue weighted by Crippen LogP contribution is 2.32. The van der Waals surface area contributed by atoms with Gasteiger partial charge < -0.3 is 5.11 Å². The summed E-state index contributed by atoms with van der Waals surface area (Å²) >= 11 is 2.68. The first-order valence-corrected chi connectivity index (χ1v) is 6.95. The van der Waals surface area contributed by atoms with Gasteiger partial charge in [-0.25, -0.2) is 9.97 Å². The lowest BCUT2D eigenvalue weighted by molar-refractivity contribution is -0.136. The molecule has 0 fully saturated rings. The van der Waals surface area contributed by atoms with Crippen molar-refractivity contribution in [1.29, 1.82) is 5.26 Å². The second-order valence-corrected chi connectivity index (χ2v) is 5.98. The van der Waals surface area contributed by atoms with Gasteiger partial charge >= 0.3 is 5.97 Å². The first-order valence-electron chi connectivity index (χ1n) is 5.31. The van der Waals surface area contributed by atoms with Gasteiger partial charge in [-0.15, -0.1) is 11.3 Å². The number of aliphatic carboxylic acids is 1. The molecule has 96 valence electrons. The van der Waals surface area contributed by atoms with Gasteiger partial charge in [-0.1, -0.05) is 6.07 Å². The Balaban J connectivity index is 2.19. The SMILES string of the molecule is Cc1nc(Sc2cccc(C#N)n2)sc1CC(=O)O. The Morgan fingerprint density at radius 3 is 3.00 bits per heavy atom. The third kappa shape index (κ3) is 3.53. The standard InChI is InChI=1S/C12H9N3O2S2/c1-7-9(5-11(16)17)18-12(14-7)19-10-4-2-3-8(6-13)15-10/h2-4H,5H2,1H3,(H,16,17). The Labute approximate surface area is 117 Å². The van der Waals surface area contributed by atoms with E-state index >= 15 is 0 Å². The van der Waals surface area contributed by atoms with Gasteiger partial charge in [0.2, 0.25) is 0 Å². The van der Waals surface area contributed by atoms with Crippen LogP contribution in [0.5, 0.6) is 0 Å². The van der Waals surface area contributed by atoms with E-state index in [0.29, 0.717) is 10.7 Å². The molecule has 2 aromatic heterocycles. The van der Waals surface area contributed by atoms with Crippen molar-refractivity contribution >= 4 is 29.1 Å². The number of rotatable bonds is 4. The van der Waals surface area contributed by atoms with E-state index in [1.54, 1.807) is 25.1 Å². The number of nitrogens with zero attached hydrogens (tertiary/aromatic N) is 3. The van der Waals surface area contributed by atoms with Crippen molar-refractivity contribution in [2.75, 3.05) is 0 Å². The van der Waals surface area contributed by atoms with E-state index in [0.717, 1.165) is 14.9 Å². The summed E-state index contributed by atoms with van der Waals surface area (Å²) in [5.41, 5.74) is 1.08. The molecule has 0 aliphatic carbocycles. The quantitative estimate of drug-likeness (QED) is 0.931. The average Bonchev–Trinajstić information content (AvgIpc) is 2.69. The van der Waals surface area contributed by atoms with Gasteiger partial charge in [0.25, 0.3) is 0 Å². The second-order valence-electron chi connectivity index (χ2n) is 3.63. The molecule has 2 rings (SSSR count). The maximum Gasteiger partial charge on any atom is 0.308 e. The normalized spacial score (nSPS) is 10.1. The molecule has 0 aromatic carbocycles. The Bertz CT molecular complexity index is 661. The highest BCUT2D eigenvalue weighted by molar-refractivity contribution is 8.01. The number of aromatic nitrogens is 2. The second kappa shape index (κ2) is 5.82. The number of carboxylic acids is 1. The van der Waals surface area contributed by atoms with E-state index in [1.165, 1.54) is 23.1 Å². The fraction of sp³-hybridized carbons (Fsp3) is 0.167. The first-order chi connectivity index (χ1) is 9.08. The number of carbonyl (C=O) groups is 1. The van der Waals surface area contributed by atoms with Crippen LogP contribution in [0.1, 0.15) is 16.3 Å². The van der Waals surface area contributed by atoms with Crippen LogP contribution < -0.4 is 0 Å². The molecular formula is C12H9N3O2S2. The molecule has 0 radical (unpaired) electrons. The lowest BCUT2D eigenvalue weighted by Crippen LogP contribution is -1.99. The van der Waals surface area contributed by atoms with Crippen LogP contribution in [0.4, 0.5) is 0 Å². The van der Waals surface area contributed by atoms with Gasteiger partial charge in [-0.05, 0) is 30.8 Å². The van der Waals surface area contributed by atoms with E-state index in [-0.39, 0.29) is 6.42 Å². The first kappa shape index (κ1) is 13.5. The van der Waals surface area contributed by atoms with Gasteiger partial charge in [0, 0.05) is 4.88 Å². The average molecular weight is 291 g/mol. The van der Waals surface area contributed by atoms with Crippen molar-refractivity contribution < 1.29 is 9.90 Å². The number of thiazole rings is 1. The van der Waals surface area contributed by atoms with Gasteiger partial charge in [0.05, 0.1) is 12.1 Å². The topological polar surface area (TPSA) is 86.9 Å². The smallest absolute Gasteiger partial charge is 0.308 e. The third-order valence-corrected chi connectivity index (χ3v) is 4.37. The highest BCUT2D eigenvalue weighted by Gasteiger charge is 2.12. The number of pyridine rings is 1. The van der Waals surface area contributed by atoms with Crippen molar-refractivity contribution in [1.82, 2.24) is 9.97 Å². The molecule has 5 nitrogen and oxygen atoms in total. The Morgan fingerprint density at radius 2 is 2.32 bits per heavy atom. The van der Waals surface area contributed by atoms with Crippen LogP contribution in [-0.2, 0) is 11.2 Å². The van der Waals surface area contributed by atoms with Gasteiger partial charge in [0.1, 0.15) is 16.8 Å². The maximum atomic E-state index is 10.7. The number of hydrogen-bond acceptors (Lipinski definition) is 6. The van der Waals surface area contributed by atoms with Crippen LogP contribution in [0.25, 0.3) is 0 Å².